The van der Waals surface area contributed by atoms with Crippen LogP contribution in [0.15, 0.2) is 205 Å². The predicted molar refractivity (Wildman–Crippen MR) is 369 cm³/mol. The highest BCUT2D eigenvalue weighted by molar-refractivity contribution is 7.93. The molecule has 0 spiro atoms. The number of sulfonamides is 2. The van der Waals surface area contributed by atoms with Gasteiger partial charge in [0.2, 0.25) is 10.0 Å². The second-order valence-electron chi connectivity index (χ2n) is 22.5. The molecule has 0 amide bonds. The van der Waals surface area contributed by atoms with Gasteiger partial charge in [0.25, 0.3) is 0 Å². The van der Waals surface area contributed by atoms with Gasteiger partial charge >= 0.3 is 39.7 Å². The molecular formula is C72H52ClF13N8O7S2. The van der Waals surface area contributed by atoms with Crippen LogP contribution in [0.4, 0.5) is 62.8 Å². The number of anilines is 1. The molecule has 9 aromatic carbocycles. The molecule has 0 aliphatic carbocycles. The molecule has 6 N–H and O–H groups in total. The van der Waals surface area contributed by atoms with Crippen LogP contribution in [-0.4, -0.2) is 95.4 Å². The van der Waals surface area contributed by atoms with Crippen LogP contribution in [0.1, 0.15) is 51.4 Å². The van der Waals surface area contributed by atoms with Gasteiger partial charge in [0.15, 0.2) is 19.0 Å². The van der Waals surface area contributed by atoms with E-state index in [1.807, 2.05) is 78.9 Å². The second-order valence-corrected chi connectivity index (χ2v) is 26.1. The lowest BCUT2D eigenvalue weighted by atomic mass is 9.97. The Morgan fingerprint density at radius 2 is 0.864 bits per heavy atom. The van der Waals surface area contributed by atoms with E-state index in [2.05, 4.69) is 39.4 Å². The summed E-state index contributed by atoms with van der Waals surface area (Å²) in [6.07, 6.45) is -1.09. The highest BCUT2D eigenvalue weighted by atomic mass is 35.5. The number of halogens is 14. The summed E-state index contributed by atoms with van der Waals surface area (Å²) in [5.74, 6) is -8.60. The quantitative estimate of drug-likeness (QED) is 0.0380. The van der Waals surface area contributed by atoms with E-state index in [-0.39, 0.29) is 33.4 Å². The number of imidazole rings is 3. The third-order valence-corrected chi connectivity index (χ3v) is 17.3. The standard InChI is InChI=1S/C25H17F8N3O3S.C24H18F5N3O3S.C23H17ClN2O/c26-23(27,24(28,29)30)14-39-17-9-5-15(6-10-17)7-12-22-34-20-11-8-16(13-21(20)35-22)18-3-1-2-4-19(18)36-40(37,38)25(31,32)33;25-23(26,24(27,28)29)14-35-17-9-5-15(6-10-17)7-12-22-31-19-11-8-16(13-20(19)32-22)18-3-1-2-4-21(18)36(30,33)34;1-15(27)19-7-2-3-8-20(19)17-10-11-21-22(14-17)26-23(25-21)12-9-16-5-4-6-18(24)13-16/h1-13,36H,14H2,(H,34,35);1-13H,14H2,(H,31,32)(H2,30,33,34);2-14H,1H3,(H,25,26)/b2*12-7+;12-9+. The molecular weight excluding hydrogens is 1440 g/mol. The molecule has 0 saturated carbocycles. The third kappa shape index (κ3) is 18.7. The van der Waals surface area contributed by atoms with Crippen molar-refractivity contribution in [1.29, 1.82) is 0 Å². The van der Waals surface area contributed by atoms with Crippen LogP contribution in [0.2, 0.25) is 5.02 Å². The minimum atomic E-state index is -5.73. The molecule has 532 valence electrons. The van der Waals surface area contributed by atoms with Gasteiger partial charge in [0, 0.05) is 21.7 Å². The van der Waals surface area contributed by atoms with Gasteiger partial charge in [-0.1, -0.05) is 145 Å². The number of nitrogens with zero attached hydrogens (tertiary/aromatic N) is 3. The Morgan fingerprint density at radius 1 is 0.466 bits per heavy atom. The number of carbonyl (C=O) groups excluding carboxylic acids is 1. The molecule has 0 radical (unpaired) electrons. The largest absolute Gasteiger partial charge is 0.516 e. The molecule has 0 saturated heterocycles. The lowest BCUT2D eigenvalue weighted by Crippen LogP contribution is -2.41. The number of carbonyl (C=O) groups is 1. The fourth-order valence-electron chi connectivity index (χ4n) is 9.85. The zero-order valence-corrected chi connectivity index (χ0v) is 55.2. The fraction of sp³-hybridized carbons (Fsp3) is 0.111. The van der Waals surface area contributed by atoms with Gasteiger partial charge in [-0.2, -0.15) is 65.5 Å². The van der Waals surface area contributed by atoms with E-state index in [1.54, 1.807) is 90.5 Å². The lowest BCUT2D eigenvalue weighted by Gasteiger charge is -2.19. The fourth-order valence-corrected chi connectivity index (χ4v) is 11.4. The molecule has 31 heteroatoms. The number of H-pyrrole nitrogens is 3. The molecule has 12 rings (SSSR count). The Morgan fingerprint density at radius 3 is 1.29 bits per heavy atom. The van der Waals surface area contributed by atoms with Crippen LogP contribution in [0.25, 0.3) is 103 Å². The van der Waals surface area contributed by atoms with Gasteiger partial charge in [-0.05, 0) is 149 Å². The number of benzene rings is 9. The molecule has 15 nitrogen and oxygen atoms in total. The Hall–Kier alpha value is -11.1. The number of para-hydroxylation sites is 1. The van der Waals surface area contributed by atoms with Crippen molar-refractivity contribution >= 4 is 113 Å². The third-order valence-electron chi connectivity index (χ3n) is 15.0. The van der Waals surface area contributed by atoms with Gasteiger partial charge in [0.1, 0.15) is 29.0 Å². The van der Waals surface area contributed by atoms with Crippen molar-refractivity contribution < 1.29 is 88.2 Å². The Kier molecular flexibility index (Phi) is 21.9. The lowest BCUT2D eigenvalue weighted by molar-refractivity contribution is -0.290. The average molecular weight is 1490 g/mol. The number of ketones is 1. The first-order chi connectivity index (χ1) is 48.5. The van der Waals surface area contributed by atoms with E-state index in [1.165, 1.54) is 78.9 Å². The van der Waals surface area contributed by atoms with E-state index in [9.17, 15) is 78.7 Å². The first kappa shape index (κ1) is 74.6. The number of nitrogens with one attached hydrogen (secondary N) is 4. The van der Waals surface area contributed by atoms with E-state index >= 15 is 0 Å². The number of primary sulfonamides is 1. The summed E-state index contributed by atoms with van der Waals surface area (Å²) in [7, 11) is -9.56. The number of ether oxygens (including phenoxy) is 2. The van der Waals surface area contributed by atoms with Crippen molar-refractivity contribution in [2.75, 3.05) is 17.9 Å². The van der Waals surface area contributed by atoms with Gasteiger partial charge < -0.3 is 24.4 Å². The van der Waals surface area contributed by atoms with E-state index in [0.717, 1.165) is 39.1 Å². The normalized spacial score (nSPS) is 12.6. The minimum absolute atomic E-state index is 0.00136. The van der Waals surface area contributed by atoms with Gasteiger partial charge in [-0.25, -0.2) is 28.5 Å². The van der Waals surface area contributed by atoms with E-state index in [0.29, 0.717) is 66.6 Å². The second kappa shape index (κ2) is 30.2. The van der Waals surface area contributed by atoms with Crippen LogP contribution < -0.4 is 19.3 Å². The van der Waals surface area contributed by atoms with E-state index < -0.39 is 63.0 Å². The zero-order valence-electron chi connectivity index (χ0n) is 52.8. The summed E-state index contributed by atoms with van der Waals surface area (Å²) >= 11 is 6.02. The van der Waals surface area contributed by atoms with Crippen LogP contribution in [0.3, 0.4) is 0 Å². The monoisotopic (exact) mass is 1490 g/mol. The SMILES string of the molecule is CC(=O)c1ccccc1-c1ccc2nc(/C=C/c3cccc(Cl)c3)[nH]c2c1.NS(=O)(=O)c1ccccc1-c1ccc2nc(/C=C/c3ccc(OCC(F)(F)C(F)(F)F)cc3)[nH]c2c1.O=S(=O)(Nc1ccccc1-c1ccc2nc(/C=C/c3ccc(OCC(F)(F)C(F)(F)F)cc3)[nH]c2c1)C(F)(F)F. The average Bonchev–Trinajstić information content (AvgIpc) is 1.80. The molecule has 12 aromatic rings. The van der Waals surface area contributed by atoms with Crippen LogP contribution in [0, 0.1) is 0 Å². The van der Waals surface area contributed by atoms with Crippen molar-refractivity contribution in [3.05, 3.63) is 245 Å². The zero-order chi connectivity index (χ0) is 74.3. The molecule has 0 atom stereocenters. The molecule has 0 fully saturated rings. The number of Topliss-reactive ketones (excluding diaryl/α,β-unsaturated/α-hetero) is 1. The number of alkyl halides is 13. The van der Waals surface area contributed by atoms with Crippen molar-refractivity contribution in [3.63, 3.8) is 0 Å². The van der Waals surface area contributed by atoms with Gasteiger partial charge in [-0.3, -0.25) is 9.52 Å². The molecule has 3 heterocycles. The molecule has 0 aliphatic rings. The first-order valence-electron chi connectivity index (χ1n) is 30.0. The number of nitrogens with two attached hydrogens (primary N) is 1. The Balaban J connectivity index is 0.000000169. The Bertz CT molecular complexity index is 5410. The summed E-state index contributed by atoms with van der Waals surface area (Å²) < 4.78 is 222. The Labute approximate surface area is 582 Å². The maximum atomic E-state index is 13.0. The summed E-state index contributed by atoms with van der Waals surface area (Å²) in [6, 6.07) is 53.9. The van der Waals surface area contributed by atoms with Crippen LogP contribution >= 0.6 is 11.6 Å². The molecule has 103 heavy (non-hydrogen) atoms. The van der Waals surface area contributed by atoms with E-state index in [4.69, 9.17) is 16.7 Å². The number of aromatic nitrogens is 6. The van der Waals surface area contributed by atoms with Crippen LogP contribution in [-0.2, 0) is 20.0 Å². The van der Waals surface area contributed by atoms with Crippen molar-refractivity contribution in [2.24, 2.45) is 5.14 Å². The molecule has 0 bridgehead atoms. The minimum Gasteiger partial charge on any atom is -0.487 e. The van der Waals surface area contributed by atoms with Gasteiger partial charge in [-0.15, -0.1) is 0 Å². The van der Waals surface area contributed by atoms with Crippen LogP contribution in [0.5, 0.6) is 11.5 Å². The molecule has 0 aliphatic heterocycles. The number of hydrogen-bond donors (Lipinski definition) is 5. The molecule has 3 aromatic heterocycles. The number of aromatic amines is 3. The summed E-state index contributed by atoms with van der Waals surface area (Å²) in [5, 5.41) is 6.03. The summed E-state index contributed by atoms with van der Waals surface area (Å²) in [6.45, 7) is -2.08. The highest BCUT2D eigenvalue weighted by Crippen LogP contribution is 2.39. The number of rotatable bonds is 19. The summed E-state index contributed by atoms with van der Waals surface area (Å²) in [4.78, 5) is 34.7. The topological polar surface area (TPSA) is 228 Å². The number of hydrogen-bond acceptors (Lipinski definition) is 10. The summed E-state index contributed by atoms with van der Waals surface area (Å²) in [5.41, 5.74) is 4.77. The molecule has 0 unspecified atom stereocenters. The van der Waals surface area contributed by atoms with Crippen molar-refractivity contribution in [3.8, 4) is 44.9 Å². The first-order valence-corrected chi connectivity index (χ1v) is 33.4. The number of fused-ring (bicyclic) bond motifs is 3. The maximum Gasteiger partial charge on any atom is 0.516 e. The smallest absolute Gasteiger partial charge is 0.487 e. The van der Waals surface area contributed by atoms with Gasteiger partial charge in [0.05, 0.1) is 43.7 Å². The highest BCUT2D eigenvalue weighted by Gasteiger charge is 2.59. The predicted octanol–water partition coefficient (Wildman–Crippen LogP) is 19.1. The maximum absolute atomic E-state index is 13.0. The van der Waals surface area contributed by atoms with Crippen molar-refractivity contribution in [2.45, 2.75) is 41.5 Å². The van der Waals surface area contributed by atoms with Crippen molar-refractivity contribution in [1.82, 2.24) is 29.9 Å².